The molecule has 0 amide bonds. The number of ether oxygens (including phenoxy) is 3. The predicted molar refractivity (Wildman–Crippen MR) is 110 cm³/mol. The van der Waals surface area contributed by atoms with Gasteiger partial charge in [0.1, 0.15) is 5.75 Å². The summed E-state index contributed by atoms with van der Waals surface area (Å²) in [6, 6.07) is 8.13. The molecule has 1 saturated heterocycles. The van der Waals surface area contributed by atoms with Crippen LogP contribution in [0.4, 0.5) is 0 Å². The van der Waals surface area contributed by atoms with Crippen molar-refractivity contribution < 1.29 is 14.2 Å². The summed E-state index contributed by atoms with van der Waals surface area (Å²) in [6.45, 7) is 10.6. The van der Waals surface area contributed by atoms with E-state index in [1.54, 1.807) is 0 Å². The summed E-state index contributed by atoms with van der Waals surface area (Å²) in [5.74, 6) is 2.36. The second-order valence-electron chi connectivity index (χ2n) is 6.86. The summed E-state index contributed by atoms with van der Waals surface area (Å²) in [6.07, 6.45) is 2.98. The maximum atomic E-state index is 5.73. The topological polar surface area (TPSA) is 64.1 Å². The molecule has 1 aromatic carbocycles. The lowest BCUT2D eigenvalue weighted by Gasteiger charge is -2.12. The van der Waals surface area contributed by atoms with Crippen LogP contribution < -0.4 is 15.4 Å². The standard InChI is InChI=1S/C21H35N3O3/c1-3-22-21(23-11-4-13-25-16-19-10-15-26-17-19)24-12-5-14-27-20-8-6-18(2)7-9-20/h6-9,19H,3-5,10-17H2,1-2H3,(H2,22,23,24). The number of nitrogens with zero attached hydrogens (tertiary/aromatic N) is 1. The zero-order chi connectivity index (χ0) is 19.2. The third-order valence-corrected chi connectivity index (χ3v) is 4.34. The van der Waals surface area contributed by atoms with E-state index in [2.05, 4.69) is 41.6 Å². The summed E-state index contributed by atoms with van der Waals surface area (Å²) in [5, 5.41) is 6.63. The Morgan fingerprint density at radius 1 is 1.19 bits per heavy atom. The molecule has 2 rings (SSSR count). The number of aliphatic imine (C=N–C) groups is 1. The summed E-state index contributed by atoms with van der Waals surface area (Å²) in [4.78, 5) is 4.60. The monoisotopic (exact) mass is 377 g/mol. The highest BCUT2D eigenvalue weighted by molar-refractivity contribution is 5.79. The number of guanidine groups is 1. The maximum Gasteiger partial charge on any atom is 0.191 e. The van der Waals surface area contributed by atoms with Crippen LogP contribution in [-0.2, 0) is 9.47 Å². The van der Waals surface area contributed by atoms with Crippen LogP contribution in [0.5, 0.6) is 5.75 Å². The van der Waals surface area contributed by atoms with Crippen LogP contribution in [0.15, 0.2) is 29.3 Å². The molecule has 152 valence electrons. The van der Waals surface area contributed by atoms with E-state index in [0.717, 1.165) is 77.0 Å². The minimum Gasteiger partial charge on any atom is -0.494 e. The van der Waals surface area contributed by atoms with Gasteiger partial charge in [-0.3, -0.25) is 4.99 Å². The molecule has 0 aliphatic carbocycles. The maximum absolute atomic E-state index is 5.73. The molecule has 0 aromatic heterocycles. The Labute approximate surface area is 163 Å². The predicted octanol–water partition coefficient (Wildman–Crippen LogP) is 2.76. The molecule has 0 bridgehead atoms. The molecule has 1 aliphatic heterocycles. The molecule has 0 radical (unpaired) electrons. The molecule has 6 heteroatoms. The summed E-state index contributed by atoms with van der Waals surface area (Å²) < 4.78 is 16.8. The van der Waals surface area contributed by atoms with Crippen molar-refractivity contribution in [3.63, 3.8) is 0 Å². The van der Waals surface area contributed by atoms with E-state index in [0.29, 0.717) is 12.5 Å². The van der Waals surface area contributed by atoms with Crippen molar-refractivity contribution in [2.24, 2.45) is 10.9 Å². The normalized spacial score (nSPS) is 17.1. The Bertz CT molecular complexity index is 528. The van der Waals surface area contributed by atoms with Gasteiger partial charge in [0.15, 0.2) is 5.96 Å². The van der Waals surface area contributed by atoms with Gasteiger partial charge in [0.05, 0.1) is 19.8 Å². The molecule has 1 aliphatic rings. The molecule has 1 aromatic rings. The molecule has 2 N–H and O–H groups in total. The average Bonchev–Trinajstić information content (AvgIpc) is 3.19. The molecule has 0 spiro atoms. The van der Waals surface area contributed by atoms with Crippen molar-refractivity contribution in [1.29, 1.82) is 0 Å². The quantitative estimate of drug-likeness (QED) is 0.333. The molecule has 6 nitrogen and oxygen atoms in total. The van der Waals surface area contributed by atoms with E-state index in [9.17, 15) is 0 Å². The first-order valence-corrected chi connectivity index (χ1v) is 10.1. The minimum atomic E-state index is 0.582. The van der Waals surface area contributed by atoms with Gasteiger partial charge in [0.25, 0.3) is 0 Å². The van der Waals surface area contributed by atoms with Crippen molar-refractivity contribution in [1.82, 2.24) is 10.6 Å². The van der Waals surface area contributed by atoms with Crippen molar-refractivity contribution in [2.45, 2.75) is 33.1 Å². The smallest absolute Gasteiger partial charge is 0.191 e. The van der Waals surface area contributed by atoms with Gasteiger partial charge in [0, 0.05) is 45.2 Å². The fourth-order valence-corrected chi connectivity index (χ4v) is 2.77. The van der Waals surface area contributed by atoms with Crippen molar-refractivity contribution in [3.05, 3.63) is 29.8 Å². The summed E-state index contributed by atoms with van der Waals surface area (Å²) in [5.41, 5.74) is 1.24. The van der Waals surface area contributed by atoms with Gasteiger partial charge in [-0.15, -0.1) is 0 Å². The van der Waals surface area contributed by atoms with Crippen LogP contribution in [0.2, 0.25) is 0 Å². The van der Waals surface area contributed by atoms with Crippen LogP contribution >= 0.6 is 0 Å². The highest BCUT2D eigenvalue weighted by atomic mass is 16.5. The third kappa shape index (κ3) is 9.63. The molecule has 1 fully saturated rings. The molecule has 27 heavy (non-hydrogen) atoms. The second-order valence-corrected chi connectivity index (χ2v) is 6.86. The van der Waals surface area contributed by atoms with Crippen molar-refractivity contribution in [3.8, 4) is 5.75 Å². The number of hydrogen-bond donors (Lipinski definition) is 2. The van der Waals surface area contributed by atoms with Crippen LogP contribution in [-0.4, -0.2) is 58.6 Å². The minimum absolute atomic E-state index is 0.582. The van der Waals surface area contributed by atoms with E-state index in [1.807, 2.05) is 12.1 Å². The van der Waals surface area contributed by atoms with Crippen molar-refractivity contribution >= 4 is 5.96 Å². The number of hydrogen-bond acceptors (Lipinski definition) is 4. The molecule has 0 saturated carbocycles. The van der Waals surface area contributed by atoms with Gasteiger partial charge >= 0.3 is 0 Å². The molecular weight excluding hydrogens is 342 g/mol. The Balaban J connectivity index is 1.52. The zero-order valence-corrected chi connectivity index (χ0v) is 16.8. The Hall–Kier alpha value is -1.79. The number of benzene rings is 1. The summed E-state index contributed by atoms with van der Waals surface area (Å²) in [7, 11) is 0. The third-order valence-electron chi connectivity index (χ3n) is 4.34. The van der Waals surface area contributed by atoms with Crippen LogP contribution in [0.25, 0.3) is 0 Å². The van der Waals surface area contributed by atoms with E-state index in [-0.39, 0.29) is 0 Å². The molecular formula is C21H35N3O3. The average molecular weight is 378 g/mol. The van der Waals surface area contributed by atoms with Gasteiger partial charge in [-0.25, -0.2) is 0 Å². The zero-order valence-electron chi connectivity index (χ0n) is 16.8. The van der Waals surface area contributed by atoms with Crippen molar-refractivity contribution in [2.75, 3.05) is 52.7 Å². The van der Waals surface area contributed by atoms with Gasteiger partial charge in [0.2, 0.25) is 0 Å². The van der Waals surface area contributed by atoms with Gasteiger partial charge in [-0.05, 0) is 38.8 Å². The van der Waals surface area contributed by atoms with E-state index >= 15 is 0 Å². The first-order valence-electron chi connectivity index (χ1n) is 10.1. The first kappa shape index (κ1) is 21.5. The lowest BCUT2D eigenvalue weighted by molar-refractivity contribution is 0.0888. The number of rotatable bonds is 12. The SMILES string of the molecule is CCNC(=NCCCOc1ccc(C)cc1)NCCCOCC1CCOC1. The van der Waals surface area contributed by atoms with Crippen LogP contribution in [0.3, 0.4) is 0 Å². The molecule has 1 unspecified atom stereocenters. The lowest BCUT2D eigenvalue weighted by atomic mass is 10.1. The Morgan fingerprint density at radius 3 is 2.78 bits per heavy atom. The number of nitrogens with one attached hydrogen (secondary N) is 2. The van der Waals surface area contributed by atoms with Gasteiger partial charge in [-0.1, -0.05) is 17.7 Å². The Kier molecular flexibility index (Phi) is 10.7. The van der Waals surface area contributed by atoms with Gasteiger partial charge < -0.3 is 24.8 Å². The van der Waals surface area contributed by atoms with E-state index in [4.69, 9.17) is 14.2 Å². The van der Waals surface area contributed by atoms with E-state index in [1.165, 1.54) is 5.56 Å². The highest BCUT2D eigenvalue weighted by Crippen LogP contribution is 2.12. The fourth-order valence-electron chi connectivity index (χ4n) is 2.77. The highest BCUT2D eigenvalue weighted by Gasteiger charge is 2.15. The lowest BCUT2D eigenvalue weighted by Crippen LogP contribution is -2.38. The fraction of sp³-hybridized carbons (Fsp3) is 0.667. The molecule has 1 heterocycles. The first-order chi connectivity index (χ1) is 13.3. The number of aryl methyl sites for hydroxylation is 1. The Morgan fingerprint density at radius 2 is 2.04 bits per heavy atom. The van der Waals surface area contributed by atoms with Gasteiger partial charge in [-0.2, -0.15) is 0 Å². The van der Waals surface area contributed by atoms with Crippen LogP contribution in [0.1, 0.15) is 31.7 Å². The molecule has 1 atom stereocenters. The largest absolute Gasteiger partial charge is 0.494 e. The summed E-state index contributed by atoms with van der Waals surface area (Å²) >= 11 is 0. The van der Waals surface area contributed by atoms with E-state index < -0.39 is 0 Å². The van der Waals surface area contributed by atoms with Crippen LogP contribution in [0, 0.1) is 12.8 Å². The second kappa shape index (κ2) is 13.4.